The van der Waals surface area contributed by atoms with E-state index in [9.17, 15) is 18.0 Å². The normalized spacial score (nSPS) is 13.6. The van der Waals surface area contributed by atoms with Crippen LogP contribution in [0.5, 0.6) is 11.5 Å². The molecule has 0 unspecified atom stereocenters. The summed E-state index contributed by atoms with van der Waals surface area (Å²) in [5.74, 6) is -0.0928. The zero-order valence-corrected chi connectivity index (χ0v) is 18.4. The Bertz CT molecular complexity index is 1090. The molecule has 3 rings (SSSR count). The Hall–Kier alpha value is -3.27. The summed E-state index contributed by atoms with van der Waals surface area (Å²) < 4.78 is 39.1. The second-order valence-corrected chi connectivity index (χ2v) is 8.64. The van der Waals surface area contributed by atoms with E-state index in [4.69, 9.17) is 9.47 Å². The molecule has 2 N–H and O–H groups in total. The number of sulfonamides is 1. The van der Waals surface area contributed by atoms with Gasteiger partial charge in [-0.05, 0) is 49.2 Å². The number of anilines is 1. The number of carbonyl (C=O) groups is 2. The van der Waals surface area contributed by atoms with Gasteiger partial charge in [0.25, 0.3) is 21.8 Å². The van der Waals surface area contributed by atoms with Gasteiger partial charge in [-0.3, -0.25) is 14.3 Å². The number of methoxy groups -OCH3 is 2. The maximum Gasteiger partial charge on any atom is 0.262 e. The van der Waals surface area contributed by atoms with Crippen LogP contribution in [0.1, 0.15) is 33.6 Å². The van der Waals surface area contributed by atoms with Gasteiger partial charge in [-0.25, -0.2) is 8.42 Å². The fourth-order valence-corrected chi connectivity index (χ4v) is 4.48. The molecule has 1 aliphatic heterocycles. The van der Waals surface area contributed by atoms with Gasteiger partial charge >= 0.3 is 0 Å². The van der Waals surface area contributed by atoms with E-state index >= 15 is 0 Å². The number of nitrogens with one attached hydrogen (secondary N) is 2. The lowest BCUT2D eigenvalue weighted by Crippen LogP contribution is -2.28. The van der Waals surface area contributed by atoms with Crippen molar-refractivity contribution in [1.82, 2.24) is 10.2 Å². The number of hydrogen-bond acceptors (Lipinski definition) is 6. The number of nitrogens with zero attached hydrogens (tertiary/aromatic N) is 1. The van der Waals surface area contributed by atoms with Crippen molar-refractivity contribution in [3.63, 3.8) is 0 Å². The molecule has 166 valence electrons. The van der Waals surface area contributed by atoms with Gasteiger partial charge in [-0.1, -0.05) is 0 Å². The molecular weight excluding hydrogens is 422 g/mol. The van der Waals surface area contributed by atoms with Crippen LogP contribution in [0.4, 0.5) is 5.69 Å². The maximum atomic E-state index is 13.1. The molecule has 2 amide bonds. The zero-order valence-electron chi connectivity index (χ0n) is 17.6. The lowest BCUT2D eigenvalue weighted by atomic mass is 10.1. The summed E-state index contributed by atoms with van der Waals surface area (Å²) in [4.78, 5) is 26.4. The minimum absolute atomic E-state index is 0.104. The molecular formula is C21H25N3O6S. The summed E-state index contributed by atoms with van der Waals surface area (Å²) in [6, 6.07) is 8.52. The third kappa shape index (κ3) is 4.74. The number of benzene rings is 2. The molecule has 0 spiro atoms. The van der Waals surface area contributed by atoms with E-state index in [-0.39, 0.29) is 39.3 Å². The van der Waals surface area contributed by atoms with Gasteiger partial charge in [0.1, 0.15) is 11.5 Å². The van der Waals surface area contributed by atoms with Crippen molar-refractivity contribution < 1.29 is 27.5 Å². The number of carbonyl (C=O) groups excluding carboxylic acids is 2. The van der Waals surface area contributed by atoms with Crippen LogP contribution in [-0.2, 0) is 10.0 Å². The third-order valence-electron chi connectivity index (χ3n) is 5.04. The van der Waals surface area contributed by atoms with E-state index in [1.807, 2.05) is 0 Å². The minimum Gasteiger partial charge on any atom is -0.496 e. The highest BCUT2D eigenvalue weighted by Crippen LogP contribution is 2.30. The Morgan fingerprint density at radius 1 is 0.968 bits per heavy atom. The smallest absolute Gasteiger partial charge is 0.262 e. The molecule has 1 saturated heterocycles. The molecule has 31 heavy (non-hydrogen) atoms. The largest absolute Gasteiger partial charge is 0.496 e. The topological polar surface area (TPSA) is 114 Å². The van der Waals surface area contributed by atoms with Crippen molar-refractivity contribution in [3.8, 4) is 11.5 Å². The molecule has 1 aliphatic rings. The molecule has 1 fully saturated rings. The van der Waals surface area contributed by atoms with Gasteiger partial charge in [0.2, 0.25) is 0 Å². The quantitative estimate of drug-likeness (QED) is 0.672. The highest BCUT2D eigenvalue weighted by atomic mass is 32.2. The van der Waals surface area contributed by atoms with E-state index < -0.39 is 10.0 Å². The number of amides is 2. The highest BCUT2D eigenvalue weighted by Gasteiger charge is 2.26. The fraction of sp³-hybridized carbons (Fsp3) is 0.333. The first-order valence-electron chi connectivity index (χ1n) is 9.71. The Morgan fingerprint density at radius 3 is 2.23 bits per heavy atom. The molecule has 0 aromatic heterocycles. The summed E-state index contributed by atoms with van der Waals surface area (Å²) in [6.45, 7) is 1.25. The summed E-state index contributed by atoms with van der Waals surface area (Å²) in [7, 11) is 0.215. The van der Waals surface area contributed by atoms with E-state index in [0.29, 0.717) is 18.8 Å². The first-order chi connectivity index (χ1) is 14.8. The standard InChI is InChI=1S/C21H25N3O6S/c1-22-20(25)14-6-8-19(30-3)17(12-14)23-31(27,28)15-7-9-18(29-2)16(13-15)21(26)24-10-4-5-11-24/h6-9,12-13,23H,4-5,10-11H2,1-3H3,(H,22,25). The van der Waals surface area contributed by atoms with E-state index in [2.05, 4.69) is 10.0 Å². The summed E-state index contributed by atoms with van der Waals surface area (Å²) >= 11 is 0. The first kappa shape index (κ1) is 22.4. The molecule has 1 heterocycles. The van der Waals surface area contributed by atoms with Crippen molar-refractivity contribution in [2.75, 3.05) is 39.1 Å². The van der Waals surface area contributed by atoms with Crippen LogP contribution in [0, 0.1) is 0 Å². The monoisotopic (exact) mass is 447 g/mol. The van der Waals surface area contributed by atoms with Crippen molar-refractivity contribution in [2.24, 2.45) is 0 Å². The third-order valence-corrected chi connectivity index (χ3v) is 6.40. The van der Waals surface area contributed by atoms with E-state index in [0.717, 1.165) is 12.8 Å². The van der Waals surface area contributed by atoms with Gasteiger partial charge < -0.3 is 19.7 Å². The van der Waals surface area contributed by atoms with Crippen LogP contribution in [0.2, 0.25) is 0 Å². The molecule has 2 aromatic carbocycles. The molecule has 0 atom stereocenters. The minimum atomic E-state index is -4.09. The average molecular weight is 448 g/mol. The Balaban J connectivity index is 1.98. The number of hydrogen-bond donors (Lipinski definition) is 2. The summed E-state index contributed by atoms with van der Waals surface area (Å²) in [5.41, 5.74) is 0.547. The van der Waals surface area contributed by atoms with E-state index in [1.165, 1.54) is 57.7 Å². The lowest BCUT2D eigenvalue weighted by Gasteiger charge is -2.18. The van der Waals surface area contributed by atoms with E-state index in [1.54, 1.807) is 4.90 Å². The predicted molar refractivity (Wildman–Crippen MR) is 115 cm³/mol. The summed E-state index contributed by atoms with van der Waals surface area (Å²) in [6.07, 6.45) is 1.82. The number of ether oxygens (including phenoxy) is 2. The van der Waals surface area contributed by atoms with Crippen molar-refractivity contribution in [2.45, 2.75) is 17.7 Å². The number of rotatable bonds is 7. The first-order valence-corrected chi connectivity index (χ1v) is 11.2. The lowest BCUT2D eigenvalue weighted by molar-refractivity contribution is 0.0789. The van der Waals surface area contributed by atoms with Crippen LogP contribution < -0.4 is 19.5 Å². The second-order valence-electron chi connectivity index (χ2n) is 6.96. The van der Waals surface area contributed by atoms with Gasteiger partial charge in [0.05, 0.1) is 30.4 Å². The van der Waals surface area contributed by atoms with Crippen molar-refractivity contribution in [3.05, 3.63) is 47.5 Å². The Labute approximate surface area is 181 Å². The molecule has 0 radical (unpaired) electrons. The molecule has 2 aromatic rings. The average Bonchev–Trinajstić information content (AvgIpc) is 3.32. The Morgan fingerprint density at radius 2 is 1.61 bits per heavy atom. The molecule has 10 heteroatoms. The Kier molecular flexibility index (Phi) is 6.69. The molecule has 9 nitrogen and oxygen atoms in total. The van der Waals surface area contributed by atoms with Crippen molar-refractivity contribution in [1.29, 1.82) is 0 Å². The molecule has 0 bridgehead atoms. The second kappa shape index (κ2) is 9.25. The fourth-order valence-electron chi connectivity index (χ4n) is 3.39. The van der Waals surface area contributed by atoms with Crippen LogP contribution in [0.25, 0.3) is 0 Å². The summed E-state index contributed by atoms with van der Waals surface area (Å²) in [5, 5.41) is 2.49. The van der Waals surface area contributed by atoms with Gasteiger partial charge in [0.15, 0.2) is 0 Å². The van der Waals surface area contributed by atoms with Crippen molar-refractivity contribution >= 4 is 27.5 Å². The zero-order chi connectivity index (χ0) is 22.6. The van der Waals surface area contributed by atoms with Crippen LogP contribution in [0.15, 0.2) is 41.3 Å². The van der Waals surface area contributed by atoms with Crippen LogP contribution in [0.3, 0.4) is 0 Å². The maximum absolute atomic E-state index is 13.1. The molecule has 0 saturated carbocycles. The number of likely N-dealkylation sites (tertiary alicyclic amines) is 1. The predicted octanol–water partition coefficient (Wildman–Crippen LogP) is 2.10. The van der Waals surface area contributed by atoms with Gasteiger partial charge in [-0.15, -0.1) is 0 Å². The van der Waals surface area contributed by atoms with Gasteiger partial charge in [-0.2, -0.15) is 0 Å². The van der Waals surface area contributed by atoms with Crippen LogP contribution in [-0.4, -0.2) is 59.5 Å². The highest BCUT2D eigenvalue weighted by molar-refractivity contribution is 7.92. The molecule has 0 aliphatic carbocycles. The SMILES string of the molecule is CNC(=O)c1ccc(OC)c(NS(=O)(=O)c2ccc(OC)c(C(=O)N3CCCC3)c2)c1. The van der Waals surface area contributed by atoms with Crippen LogP contribution >= 0.6 is 0 Å². The van der Waals surface area contributed by atoms with Gasteiger partial charge in [0, 0.05) is 25.7 Å².